The van der Waals surface area contributed by atoms with E-state index < -0.39 is 0 Å². The van der Waals surface area contributed by atoms with Gasteiger partial charge in [-0.2, -0.15) is 0 Å². The predicted molar refractivity (Wildman–Crippen MR) is 74.3 cm³/mol. The maximum absolute atomic E-state index is 8.96. The number of hydrogen-bond acceptors (Lipinski definition) is 6. The fraction of sp³-hybridized carbons (Fsp3) is 0.429. The van der Waals surface area contributed by atoms with Gasteiger partial charge in [-0.25, -0.2) is 0 Å². The van der Waals surface area contributed by atoms with Crippen LogP contribution in [0.25, 0.3) is 11.5 Å². The molecule has 0 saturated carbocycles. The smallest absolute Gasteiger partial charge is 0.247 e. The van der Waals surface area contributed by atoms with Crippen LogP contribution in [0.5, 0.6) is 5.75 Å². The first-order valence-electron chi connectivity index (χ1n) is 6.56. The van der Waals surface area contributed by atoms with E-state index in [9.17, 15) is 0 Å². The van der Waals surface area contributed by atoms with Crippen LogP contribution >= 0.6 is 0 Å². The standard InChI is InChI=1S/C14H19N3O3/c1-3-17(8-9-18)10-13-15-16-14(20-13)11-4-6-12(19-2)7-5-11/h4-7,18H,3,8-10H2,1-2H3. The topological polar surface area (TPSA) is 71.6 Å². The van der Waals surface area contributed by atoms with Gasteiger partial charge in [0, 0.05) is 12.1 Å². The van der Waals surface area contributed by atoms with E-state index >= 15 is 0 Å². The summed E-state index contributed by atoms with van der Waals surface area (Å²) in [4.78, 5) is 2.03. The second kappa shape index (κ2) is 7.02. The highest BCUT2D eigenvalue weighted by Gasteiger charge is 2.11. The third-order valence-corrected chi connectivity index (χ3v) is 3.03. The van der Waals surface area contributed by atoms with Crippen molar-refractivity contribution in [3.63, 3.8) is 0 Å². The lowest BCUT2D eigenvalue weighted by molar-refractivity contribution is 0.185. The van der Waals surface area contributed by atoms with Gasteiger partial charge < -0.3 is 14.3 Å². The maximum atomic E-state index is 8.96. The van der Waals surface area contributed by atoms with E-state index in [0.717, 1.165) is 17.9 Å². The molecule has 0 fully saturated rings. The predicted octanol–water partition coefficient (Wildman–Crippen LogP) is 1.56. The van der Waals surface area contributed by atoms with Crippen molar-refractivity contribution in [2.45, 2.75) is 13.5 Å². The molecule has 6 nitrogen and oxygen atoms in total. The normalized spacial score (nSPS) is 11.0. The van der Waals surface area contributed by atoms with E-state index in [-0.39, 0.29) is 6.61 Å². The second-order valence-corrected chi connectivity index (χ2v) is 4.32. The molecule has 108 valence electrons. The number of ether oxygens (including phenoxy) is 1. The van der Waals surface area contributed by atoms with Crippen molar-refractivity contribution in [2.24, 2.45) is 0 Å². The third kappa shape index (κ3) is 3.55. The van der Waals surface area contributed by atoms with Crippen LogP contribution < -0.4 is 4.74 Å². The Morgan fingerprint density at radius 3 is 2.60 bits per heavy atom. The minimum atomic E-state index is 0.118. The molecule has 1 N–H and O–H groups in total. The van der Waals surface area contributed by atoms with Crippen molar-refractivity contribution in [2.75, 3.05) is 26.8 Å². The summed E-state index contributed by atoms with van der Waals surface area (Å²) in [5.41, 5.74) is 0.856. The Balaban J connectivity index is 2.07. The maximum Gasteiger partial charge on any atom is 0.247 e. The summed E-state index contributed by atoms with van der Waals surface area (Å²) in [6.07, 6.45) is 0. The van der Waals surface area contributed by atoms with Crippen LogP contribution in [0.15, 0.2) is 28.7 Å². The molecule has 0 aliphatic heterocycles. The van der Waals surface area contributed by atoms with Crippen LogP contribution in [0, 0.1) is 0 Å². The summed E-state index contributed by atoms with van der Waals surface area (Å²) < 4.78 is 10.7. The van der Waals surface area contributed by atoms with E-state index in [2.05, 4.69) is 10.2 Å². The van der Waals surface area contributed by atoms with E-state index in [0.29, 0.717) is 24.9 Å². The lowest BCUT2D eigenvalue weighted by atomic mass is 10.2. The molecule has 0 atom stereocenters. The first kappa shape index (κ1) is 14.5. The molecule has 0 bridgehead atoms. The van der Waals surface area contributed by atoms with Gasteiger partial charge in [-0.1, -0.05) is 6.92 Å². The lowest BCUT2D eigenvalue weighted by Gasteiger charge is -2.15. The highest BCUT2D eigenvalue weighted by Crippen LogP contribution is 2.21. The first-order valence-corrected chi connectivity index (χ1v) is 6.56. The molecule has 0 unspecified atom stereocenters. The quantitative estimate of drug-likeness (QED) is 0.828. The average molecular weight is 277 g/mol. The Morgan fingerprint density at radius 2 is 2.00 bits per heavy atom. The van der Waals surface area contributed by atoms with Crippen LogP contribution in [0.3, 0.4) is 0 Å². The molecule has 0 saturated heterocycles. The van der Waals surface area contributed by atoms with Gasteiger partial charge in [0.15, 0.2) is 0 Å². The van der Waals surface area contributed by atoms with Crippen molar-refractivity contribution in [1.82, 2.24) is 15.1 Å². The van der Waals surface area contributed by atoms with Crippen molar-refractivity contribution < 1.29 is 14.3 Å². The molecule has 0 radical (unpaired) electrons. The molecule has 1 aromatic carbocycles. The number of aromatic nitrogens is 2. The van der Waals surface area contributed by atoms with Crippen molar-refractivity contribution >= 4 is 0 Å². The summed E-state index contributed by atoms with van der Waals surface area (Å²) in [7, 11) is 1.63. The van der Waals surface area contributed by atoms with Crippen LogP contribution in [0.2, 0.25) is 0 Å². The zero-order valence-electron chi connectivity index (χ0n) is 11.7. The Kier molecular flexibility index (Phi) is 5.09. The highest BCUT2D eigenvalue weighted by atomic mass is 16.5. The van der Waals surface area contributed by atoms with Crippen molar-refractivity contribution in [1.29, 1.82) is 0 Å². The molecule has 6 heteroatoms. The minimum absolute atomic E-state index is 0.118. The number of aliphatic hydroxyl groups excluding tert-OH is 1. The Morgan fingerprint density at radius 1 is 1.25 bits per heavy atom. The molecular formula is C14H19N3O3. The van der Waals surface area contributed by atoms with Gasteiger partial charge in [0.2, 0.25) is 11.8 Å². The Labute approximate surface area is 118 Å². The van der Waals surface area contributed by atoms with Crippen molar-refractivity contribution in [3.8, 4) is 17.2 Å². The molecule has 20 heavy (non-hydrogen) atoms. The summed E-state index contributed by atoms with van der Waals surface area (Å²) in [6, 6.07) is 7.45. The van der Waals surface area contributed by atoms with Crippen LogP contribution in [-0.4, -0.2) is 47.0 Å². The monoisotopic (exact) mass is 277 g/mol. The number of aliphatic hydroxyl groups is 1. The molecular weight excluding hydrogens is 258 g/mol. The van der Waals surface area contributed by atoms with E-state index in [1.54, 1.807) is 7.11 Å². The van der Waals surface area contributed by atoms with Crippen LogP contribution in [-0.2, 0) is 6.54 Å². The molecule has 1 aromatic heterocycles. The zero-order valence-corrected chi connectivity index (χ0v) is 11.7. The van der Waals surface area contributed by atoms with Crippen LogP contribution in [0.1, 0.15) is 12.8 Å². The summed E-state index contributed by atoms with van der Waals surface area (Å²) in [5, 5.41) is 17.0. The third-order valence-electron chi connectivity index (χ3n) is 3.03. The number of benzene rings is 1. The summed E-state index contributed by atoms with van der Waals surface area (Å²) in [6.45, 7) is 4.10. The van der Waals surface area contributed by atoms with E-state index in [1.807, 2.05) is 36.1 Å². The number of methoxy groups -OCH3 is 1. The Bertz CT molecular complexity index is 525. The lowest BCUT2D eigenvalue weighted by Crippen LogP contribution is -2.26. The fourth-order valence-electron chi connectivity index (χ4n) is 1.85. The second-order valence-electron chi connectivity index (χ2n) is 4.32. The van der Waals surface area contributed by atoms with Gasteiger partial charge in [-0.3, -0.25) is 4.90 Å². The van der Waals surface area contributed by atoms with Gasteiger partial charge in [0.1, 0.15) is 5.75 Å². The molecule has 2 aromatic rings. The molecule has 2 rings (SSSR count). The zero-order chi connectivity index (χ0) is 14.4. The molecule has 0 amide bonds. The fourth-order valence-corrected chi connectivity index (χ4v) is 1.85. The van der Waals surface area contributed by atoms with Gasteiger partial charge in [0.05, 0.1) is 20.3 Å². The van der Waals surface area contributed by atoms with E-state index in [4.69, 9.17) is 14.3 Å². The molecule has 0 spiro atoms. The average Bonchev–Trinajstić information content (AvgIpc) is 2.95. The molecule has 1 heterocycles. The molecule has 0 aliphatic carbocycles. The Hall–Kier alpha value is -1.92. The largest absolute Gasteiger partial charge is 0.497 e. The number of likely N-dealkylation sites (N-methyl/N-ethyl adjacent to an activating group) is 1. The number of nitrogens with zero attached hydrogens (tertiary/aromatic N) is 3. The van der Waals surface area contributed by atoms with Gasteiger partial charge in [-0.05, 0) is 30.8 Å². The first-order chi connectivity index (χ1) is 9.76. The van der Waals surface area contributed by atoms with E-state index in [1.165, 1.54) is 0 Å². The summed E-state index contributed by atoms with van der Waals surface area (Å²) >= 11 is 0. The van der Waals surface area contributed by atoms with Gasteiger partial charge in [-0.15, -0.1) is 10.2 Å². The van der Waals surface area contributed by atoms with Crippen molar-refractivity contribution in [3.05, 3.63) is 30.2 Å². The number of hydrogen-bond donors (Lipinski definition) is 1. The van der Waals surface area contributed by atoms with Gasteiger partial charge in [0.25, 0.3) is 0 Å². The minimum Gasteiger partial charge on any atom is -0.497 e. The highest BCUT2D eigenvalue weighted by molar-refractivity contribution is 5.53. The molecule has 0 aliphatic rings. The SMILES string of the molecule is CCN(CCO)Cc1nnc(-c2ccc(OC)cc2)o1. The summed E-state index contributed by atoms with van der Waals surface area (Å²) in [5.74, 6) is 1.82. The number of rotatable bonds is 7. The van der Waals surface area contributed by atoms with Gasteiger partial charge >= 0.3 is 0 Å². The van der Waals surface area contributed by atoms with Crippen LogP contribution in [0.4, 0.5) is 0 Å².